The van der Waals surface area contributed by atoms with Crippen molar-refractivity contribution in [2.75, 3.05) is 14.1 Å². The van der Waals surface area contributed by atoms with Gasteiger partial charge in [0.15, 0.2) is 0 Å². The first-order chi connectivity index (χ1) is 2.77. The molecule has 6 heavy (non-hydrogen) atoms. The molecule has 0 aromatic heterocycles. The Morgan fingerprint density at radius 2 is 2.17 bits per heavy atom. The summed E-state index contributed by atoms with van der Waals surface area (Å²) in [7, 11) is 8.44. The Labute approximate surface area is 43.6 Å². The zero-order chi connectivity index (χ0) is 4.99. The summed E-state index contributed by atoms with van der Waals surface area (Å²) in [5.74, 6) is 0. The molecule has 0 rings (SSSR count). The van der Waals surface area contributed by atoms with E-state index in [2.05, 4.69) is 10.2 Å². The van der Waals surface area contributed by atoms with Crippen molar-refractivity contribution in [1.82, 2.24) is 4.67 Å². The molecule has 1 nitrogen and oxygen atoms in total. The molecule has 0 atom stereocenters. The monoisotopic (exact) mass is 116 g/mol. The van der Waals surface area contributed by atoms with Gasteiger partial charge in [-0.25, -0.2) is 0 Å². The minimum atomic E-state index is 1.20. The molecule has 3 radical (unpaired) electrons. The average Bonchev–Trinajstić information content (AvgIpc) is 1.35. The summed E-state index contributed by atoms with van der Waals surface area (Å²) in [6.07, 6.45) is 0. The Morgan fingerprint density at radius 1 is 1.67 bits per heavy atom. The second kappa shape index (κ2) is 3.53. The Bertz CT molecular complexity index is 52.8. The summed E-state index contributed by atoms with van der Waals surface area (Å²) in [6, 6.07) is 0. The molecule has 0 amide bonds. The number of hydrogen-bond donors (Lipinski definition) is 0. The van der Waals surface area contributed by atoms with E-state index >= 15 is 0 Å². The van der Waals surface area contributed by atoms with E-state index in [4.69, 9.17) is 0 Å². The van der Waals surface area contributed by atoms with Gasteiger partial charge in [0.25, 0.3) is 0 Å². The minimum absolute atomic E-state index is 1.20. The van der Waals surface area contributed by atoms with Crippen molar-refractivity contribution in [2.45, 2.75) is 0 Å². The summed E-state index contributed by atoms with van der Waals surface area (Å²) >= 11 is 0. The molecule has 0 heterocycles. The highest BCUT2D eigenvalue weighted by Gasteiger charge is 1.70. The van der Waals surface area contributed by atoms with E-state index < -0.39 is 0 Å². The second-order valence-corrected chi connectivity index (χ2v) is 3.16. The van der Waals surface area contributed by atoms with Crippen LogP contribution < -0.4 is 0 Å². The van der Waals surface area contributed by atoms with Crippen molar-refractivity contribution in [1.29, 1.82) is 0 Å². The molecular weight excluding hydrogens is 109 g/mol. The fraction of sp³-hybridized carbons (Fsp3) is 0.667. The number of nitrogens with zero attached hydrogens (tertiary/aromatic N) is 1. The molecule has 0 saturated carbocycles. The fourth-order valence-corrected chi connectivity index (χ4v) is 1.04. The molecule has 33 valence electrons. The maximum atomic E-state index is 3.21. The van der Waals surface area contributed by atoms with Gasteiger partial charge in [-0.15, -0.1) is 0 Å². The van der Waals surface area contributed by atoms with E-state index in [9.17, 15) is 0 Å². The average molecular weight is 116 g/mol. The third-order valence-electron chi connectivity index (χ3n) is 0.289. The third-order valence-corrected chi connectivity index (χ3v) is 1.21. The SMILES string of the molecule is CN(C)P=C[Si]. The normalized spacial score (nSPS) is 11.3. The zero-order valence-electron chi connectivity index (χ0n) is 3.97. The highest BCUT2D eigenvalue weighted by molar-refractivity contribution is 7.40. The maximum Gasteiger partial charge on any atom is 0.0683 e. The van der Waals surface area contributed by atoms with E-state index in [1.165, 1.54) is 8.35 Å². The van der Waals surface area contributed by atoms with Crippen LogP contribution in [0.15, 0.2) is 0 Å². The van der Waals surface area contributed by atoms with Crippen molar-refractivity contribution in [2.24, 2.45) is 0 Å². The second-order valence-electron chi connectivity index (χ2n) is 1.09. The molecule has 0 aliphatic rings. The zero-order valence-corrected chi connectivity index (χ0v) is 5.87. The molecule has 0 aromatic carbocycles. The van der Waals surface area contributed by atoms with Gasteiger partial charge in [-0.05, 0) is 22.5 Å². The van der Waals surface area contributed by atoms with Crippen LogP contribution in [-0.2, 0) is 0 Å². The van der Waals surface area contributed by atoms with Gasteiger partial charge in [0, 0.05) is 0 Å². The van der Waals surface area contributed by atoms with Crippen molar-refractivity contribution in [3.8, 4) is 0 Å². The molecule has 0 fully saturated rings. The van der Waals surface area contributed by atoms with Crippen molar-refractivity contribution >= 4 is 24.0 Å². The number of hydrogen-bond acceptors (Lipinski definition) is 1. The molecule has 0 unspecified atom stereocenters. The molecular formula is C3H7NPSi. The molecule has 0 aromatic rings. The lowest BCUT2D eigenvalue weighted by Gasteiger charge is -1.94. The molecule has 0 aliphatic carbocycles. The standard InChI is InChI=1S/C3H7NPSi/c1-4(2)5-3-6/h3H,1-2H3. The Balaban J connectivity index is 3.03. The van der Waals surface area contributed by atoms with Crippen LogP contribution in [0.1, 0.15) is 0 Å². The van der Waals surface area contributed by atoms with E-state index in [1.807, 2.05) is 24.2 Å². The van der Waals surface area contributed by atoms with Crippen molar-refractivity contribution < 1.29 is 0 Å². The van der Waals surface area contributed by atoms with Crippen LogP contribution in [0.5, 0.6) is 0 Å². The summed E-state index contributed by atoms with van der Waals surface area (Å²) < 4.78 is 2.05. The van der Waals surface area contributed by atoms with E-state index in [1.54, 1.807) is 0 Å². The Morgan fingerprint density at radius 3 is 2.17 bits per heavy atom. The van der Waals surface area contributed by atoms with E-state index in [0.29, 0.717) is 0 Å². The van der Waals surface area contributed by atoms with Crippen LogP contribution >= 0.6 is 8.35 Å². The third kappa shape index (κ3) is 4.35. The number of rotatable bonds is 1. The first-order valence-electron chi connectivity index (χ1n) is 1.64. The first-order valence-corrected chi connectivity index (χ1v) is 3.14. The van der Waals surface area contributed by atoms with Crippen LogP contribution in [0.3, 0.4) is 0 Å². The van der Waals surface area contributed by atoms with Crippen LogP contribution in [0.4, 0.5) is 0 Å². The van der Waals surface area contributed by atoms with Gasteiger partial charge < -0.3 is 0 Å². The Hall–Kier alpha value is 0.347. The lowest BCUT2D eigenvalue weighted by molar-refractivity contribution is 0.701. The van der Waals surface area contributed by atoms with Gasteiger partial charge in [0.2, 0.25) is 0 Å². The van der Waals surface area contributed by atoms with Crippen molar-refractivity contribution in [3.05, 3.63) is 0 Å². The molecule has 0 aliphatic heterocycles. The molecule has 0 spiro atoms. The lowest BCUT2D eigenvalue weighted by Crippen LogP contribution is -1.92. The lowest BCUT2D eigenvalue weighted by atomic mass is 11.3. The van der Waals surface area contributed by atoms with Crippen LogP contribution in [-0.4, -0.2) is 34.4 Å². The first kappa shape index (κ1) is 6.35. The maximum absolute atomic E-state index is 3.21. The summed E-state index contributed by atoms with van der Waals surface area (Å²) in [5, 5.41) is 0. The van der Waals surface area contributed by atoms with Crippen LogP contribution in [0, 0.1) is 0 Å². The summed E-state index contributed by atoms with van der Waals surface area (Å²) in [5.41, 5.74) is 1.90. The van der Waals surface area contributed by atoms with Gasteiger partial charge in [-0.1, -0.05) is 5.42 Å². The smallest absolute Gasteiger partial charge is 0.0683 e. The van der Waals surface area contributed by atoms with E-state index in [0.717, 1.165) is 0 Å². The molecule has 0 bridgehead atoms. The Kier molecular flexibility index (Phi) is 3.74. The highest BCUT2D eigenvalue weighted by atomic mass is 31.1. The van der Waals surface area contributed by atoms with Crippen molar-refractivity contribution in [3.63, 3.8) is 0 Å². The predicted octanol–water partition coefficient (Wildman–Crippen LogP) is 0.337. The van der Waals surface area contributed by atoms with Crippen LogP contribution in [0.2, 0.25) is 0 Å². The largest absolute Gasteiger partial charge is 0.264 e. The quantitative estimate of drug-likeness (QED) is 0.352. The summed E-state index contributed by atoms with van der Waals surface area (Å²) in [6.45, 7) is 0. The minimum Gasteiger partial charge on any atom is -0.264 e. The fourth-order valence-electron chi connectivity index (χ4n) is 0.115. The molecule has 3 heteroatoms. The molecule has 0 N–H and O–H groups in total. The highest BCUT2D eigenvalue weighted by Crippen LogP contribution is 1.92. The van der Waals surface area contributed by atoms with E-state index in [-0.39, 0.29) is 0 Å². The van der Waals surface area contributed by atoms with Crippen LogP contribution in [0.25, 0.3) is 0 Å². The topological polar surface area (TPSA) is 3.24 Å². The predicted molar refractivity (Wildman–Crippen MR) is 32.4 cm³/mol. The van der Waals surface area contributed by atoms with Gasteiger partial charge in [0.1, 0.15) is 0 Å². The summed E-state index contributed by atoms with van der Waals surface area (Å²) in [4.78, 5) is 0. The molecule has 0 saturated heterocycles. The van der Waals surface area contributed by atoms with Gasteiger partial charge in [-0.2, -0.15) is 0 Å². The van der Waals surface area contributed by atoms with Gasteiger partial charge >= 0.3 is 0 Å². The van der Waals surface area contributed by atoms with Gasteiger partial charge in [-0.3, -0.25) is 4.67 Å². The van der Waals surface area contributed by atoms with Gasteiger partial charge in [0.05, 0.1) is 10.2 Å².